The molecule has 7 nitrogen and oxygen atoms in total. The van der Waals surface area contributed by atoms with Gasteiger partial charge in [-0.1, -0.05) is 0 Å². The summed E-state index contributed by atoms with van der Waals surface area (Å²) in [5.41, 5.74) is 1.06. The van der Waals surface area contributed by atoms with Crippen LogP contribution in [0, 0.1) is 5.92 Å². The van der Waals surface area contributed by atoms with Crippen molar-refractivity contribution in [1.29, 1.82) is 0 Å². The lowest BCUT2D eigenvalue weighted by atomic mass is 9.88. The number of rotatable bonds is 3. The zero-order chi connectivity index (χ0) is 19.0. The third kappa shape index (κ3) is 3.62. The van der Waals surface area contributed by atoms with Crippen molar-refractivity contribution in [2.75, 3.05) is 25.0 Å². The molecule has 3 heterocycles. The Morgan fingerprint density at radius 1 is 1.15 bits per heavy atom. The van der Waals surface area contributed by atoms with Gasteiger partial charge in [0.15, 0.2) is 22.8 Å². The number of amides is 2. The van der Waals surface area contributed by atoms with Gasteiger partial charge in [-0.25, -0.2) is 0 Å². The van der Waals surface area contributed by atoms with Gasteiger partial charge in [-0.2, -0.15) is 0 Å². The third-order valence-corrected chi connectivity index (χ3v) is 5.26. The number of furan rings is 1. The van der Waals surface area contributed by atoms with Crippen LogP contribution in [0.15, 0.2) is 39.4 Å². The second kappa shape index (κ2) is 7.19. The zero-order valence-corrected chi connectivity index (χ0v) is 16.0. The van der Waals surface area contributed by atoms with Gasteiger partial charge in [0.2, 0.25) is 0 Å². The van der Waals surface area contributed by atoms with Crippen LogP contribution in [0.4, 0.5) is 5.69 Å². The Balaban J connectivity index is 1.41. The lowest BCUT2D eigenvalue weighted by Crippen LogP contribution is -2.40. The largest absolute Gasteiger partial charge is 0.482 e. The number of fused-ring (bicyclic) bond motifs is 1. The van der Waals surface area contributed by atoms with Crippen molar-refractivity contribution < 1.29 is 23.5 Å². The summed E-state index contributed by atoms with van der Waals surface area (Å²) in [6, 6.07) is 8.40. The minimum Gasteiger partial charge on any atom is -0.482 e. The first kappa shape index (κ1) is 17.8. The topological polar surface area (TPSA) is 88.9 Å². The molecule has 1 N–H and O–H groups in total. The number of Topliss-reactive ketones (excluding diaryl/α,β-unsaturated/α-hetero) is 1. The molecule has 8 heteroatoms. The van der Waals surface area contributed by atoms with E-state index in [2.05, 4.69) is 21.2 Å². The van der Waals surface area contributed by atoms with E-state index in [4.69, 9.17) is 9.15 Å². The minimum absolute atomic E-state index is 0.0149. The normalized spacial score (nSPS) is 17.1. The van der Waals surface area contributed by atoms with Crippen LogP contribution in [-0.4, -0.2) is 42.2 Å². The van der Waals surface area contributed by atoms with E-state index in [9.17, 15) is 14.4 Å². The Morgan fingerprint density at radius 3 is 2.63 bits per heavy atom. The van der Waals surface area contributed by atoms with Gasteiger partial charge >= 0.3 is 0 Å². The molecule has 0 atom stereocenters. The zero-order valence-electron chi connectivity index (χ0n) is 14.4. The van der Waals surface area contributed by atoms with Crippen LogP contribution < -0.4 is 10.1 Å². The van der Waals surface area contributed by atoms with Crippen LogP contribution in [0.25, 0.3) is 0 Å². The van der Waals surface area contributed by atoms with Crippen LogP contribution in [0.3, 0.4) is 0 Å². The number of carbonyl (C=O) groups excluding carboxylic acids is 3. The number of likely N-dealkylation sites (tertiary alicyclic amines) is 1. The minimum atomic E-state index is -0.233. The van der Waals surface area contributed by atoms with E-state index in [0.29, 0.717) is 47.6 Å². The van der Waals surface area contributed by atoms with E-state index in [1.54, 1.807) is 35.2 Å². The van der Waals surface area contributed by atoms with Gasteiger partial charge in [0.1, 0.15) is 5.75 Å². The van der Waals surface area contributed by atoms with Crippen LogP contribution >= 0.6 is 15.9 Å². The number of nitrogens with one attached hydrogen (secondary N) is 1. The van der Waals surface area contributed by atoms with Gasteiger partial charge in [-0.05, 0) is 59.1 Å². The molecule has 2 aromatic rings. The van der Waals surface area contributed by atoms with Gasteiger partial charge in [-0.15, -0.1) is 0 Å². The van der Waals surface area contributed by atoms with E-state index < -0.39 is 0 Å². The number of hydrogen-bond donors (Lipinski definition) is 1. The number of carbonyl (C=O) groups is 3. The van der Waals surface area contributed by atoms with Crippen molar-refractivity contribution in [3.05, 3.63) is 46.3 Å². The number of hydrogen-bond acceptors (Lipinski definition) is 5. The highest BCUT2D eigenvalue weighted by Crippen LogP contribution is 2.31. The number of anilines is 1. The Morgan fingerprint density at radius 2 is 1.93 bits per heavy atom. The lowest BCUT2D eigenvalue weighted by molar-refractivity contribution is -0.118. The Bertz CT molecular complexity index is 915. The fourth-order valence-corrected chi connectivity index (χ4v) is 3.71. The lowest BCUT2D eigenvalue weighted by Gasteiger charge is -2.31. The molecule has 1 fully saturated rings. The summed E-state index contributed by atoms with van der Waals surface area (Å²) < 4.78 is 11.1. The molecule has 1 aromatic carbocycles. The summed E-state index contributed by atoms with van der Waals surface area (Å²) in [6.07, 6.45) is 1.18. The summed E-state index contributed by atoms with van der Waals surface area (Å²) in [6.45, 7) is 0.982. The molecule has 0 aliphatic carbocycles. The van der Waals surface area contributed by atoms with Gasteiger partial charge < -0.3 is 19.4 Å². The first-order valence-electron chi connectivity index (χ1n) is 8.67. The summed E-state index contributed by atoms with van der Waals surface area (Å²) >= 11 is 3.19. The molecule has 1 saturated heterocycles. The highest BCUT2D eigenvalue weighted by molar-refractivity contribution is 9.10. The SMILES string of the molecule is O=C1COc2ccc(C(=O)C3CCN(C(=O)c4ccc(Br)o4)CC3)cc2N1. The number of benzene rings is 1. The predicted octanol–water partition coefficient (Wildman–Crippen LogP) is 3.11. The van der Waals surface area contributed by atoms with E-state index in [0.717, 1.165) is 0 Å². The Labute approximate surface area is 163 Å². The molecule has 2 aliphatic heterocycles. The quantitative estimate of drug-likeness (QED) is 0.752. The van der Waals surface area contributed by atoms with Gasteiger partial charge in [-0.3, -0.25) is 14.4 Å². The number of ketones is 1. The first-order chi connectivity index (χ1) is 13.0. The maximum atomic E-state index is 12.8. The van der Waals surface area contributed by atoms with Crippen LogP contribution in [0.5, 0.6) is 5.75 Å². The van der Waals surface area contributed by atoms with Crippen molar-refractivity contribution in [3.63, 3.8) is 0 Å². The first-order valence-corrected chi connectivity index (χ1v) is 9.46. The van der Waals surface area contributed by atoms with Crippen LogP contribution in [0.2, 0.25) is 0 Å². The molecule has 0 unspecified atom stereocenters. The van der Waals surface area contributed by atoms with Crippen molar-refractivity contribution in [1.82, 2.24) is 4.90 Å². The molecular weight excluding hydrogens is 416 g/mol. The van der Waals surface area contributed by atoms with Crippen molar-refractivity contribution >= 4 is 39.2 Å². The van der Waals surface area contributed by atoms with Crippen LogP contribution in [0.1, 0.15) is 33.8 Å². The van der Waals surface area contributed by atoms with E-state index in [1.165, 1.54) is 0 Å². The number of nitrogens with zero attached hydrogens (tertiary/aromatic N) is 1. The van der Waals surface area contributed by atoms with Gasteiger partial charge in [0.05, 0.1) is 5.69 Å². The standard InChI is InChI=1S/C19H17BrN2O5/c20-16-4-3-15(27-16)19(25)22-7-5-11(6-8-22)18(24)12-1-2-14-13(9-12)21-17(23)10-26-14/h1-4,9,11H,5-8,10H2,(H,21,23). The highest BCUT2D eigenvalue weighted by Gasteiger charge is 2.30. The second-order valence-corrected chi connectivity index (χ2v) is 7.36. The van der Waals surface area contributed by atoms with Crippen molar-refractivity contribution in [3.8, 4) is 5.75 Å². The summed E-state index contributed by atoms with van der Waals surface area (Å²) in [5.74, 6) is 0.318. The summed E-state index contributed by atoms with van der Waals surface area (Å²) in [4.78, 5) is 38.4. The molecule has 27 heavy (non-hydrogen) atoms. The fraction of sp³-hybridized carbons (Fsp3) is 0.316. The maximum absolute atomic E-state index is 12.8. The molecule has 2 aliphatic rings. The monoisotopic (exact) mass is 432 g/mol. The van der Waals surface area contributed by atoms with Gasteiger partial charge in [0, 0.05) is 24.6 Å². The number of halogens is 1. The van der Waals surface area contributed by atoms with E-state index in [1.807, 2.05) is 0 Å². The number of piperidine rings is 1. The van der Waals surface area contributed by atoms with Crippen LogP contribution in [-0.2, 0) is 4.79 Å². The summed E-state index contributed by atoms with van der Waals surface area (Å²) in [5, 5.41) is 2.72. The molecule has 0 radical (unpaired) electrons. The van der Waals surface area contributed by atoms with Gasteiger partial charge in [0.25, 0.3) is 11.8 Å². The predicted molar refractivity (Wildman–Crippen MR) is 99.9 cm³/mol. The second-order valence-electron chi connectivity index (χ2n) is 6.58. The molecule has 0 saturated carbocycles. The number of ether oxygens (including phenoxy) is 1. The Hall–Kier alpha value is -2.61. The third-order valence-electron chi connectivity index (χ3n) is 4.83. The average molecular weight is 433 g/mol. The molecule has 4 rings (SSSR count). The average Bonchev–Trinajstić information content (AvgIpc) is 3.12. The van der Waals surface area contributed by atoms with E-state index >= 15 is 0 Å². The fourth-order valence-electron chi connectivity index (χ4n) is 3.40. The maximum Gasteiger partial charge on any atom is 0.289 e. The highest BCUT2D eigenvalue weighted by atomic mass is 79.9. The molecule has 140 valence electrons. The van der Waals surface area contributed by atoms with Crippen molar-refractivity contribution in [2.24, 2.45) is 5.92 Å². The molecule has 0 spiro atoms. The van der Waals surface area contributed by atoms with Crippen molar-refractivity contribution in [2.45, 2.75) is 12.8 Å². The molecular formula is C19H17BrN2O5. The van der Waals surface area contributed by atoms with E-state index in [-0.39, 0.29) is 35.9 Å². The molecule has 1 aromatic heterocycles. The summed E-state index contributed by atoms with van der Waals surface area (Å²) in [7, 11) is 0. The molecule has 0 bridgehead atoms. The molecule has 2 amide bonds. The Kier molecular flexibility index (Phi) is 4.73. The smallest absolute Gasteiger partial charge is 0.289 e.